The molecule has 0 bridgehead atoms. The topological polar surface area (TPSA) is 0 Å². The molecule has 2 aliphatic carbocycles. The normalized spacial score (nSPS) is 37.8. The largest absolute Gasteiger partial charge is 0.0622 e. The second kappa shape index (κ2) is 2.35. The van der Waals surface area contributed by atoms with Gasteiger partial charge in [-0.25, -0.2) is 0 Å². The van der Waals surface area contributed by atoms with Crippen LogP contribution in [0.25, 0.3) is 0 Å². The molecule has 0 amide bonds. The molecule has 62 valence electrons. The zero-order chi connectivity index (χ0) is 7.97. The SMILES string of the molecule is c1ccc(C2C[C@@H]3C[C@@H]3C2)cc1. The second-order valence-corrected chi connectivity index (χ2v) is 4.33. The lowest BCUT2D eigenvalue weighted by atomic mass is 9.94. The molecule has 12 heavy (non-hydrogen) atoms. The summed E-state index contributed by atoms with van der Waals surface area (Å²) in [4.78, 5) is 0. The van der Waals surface area contributed by atoms with Gasteiger partial charge in [0.15, 0.2) is 0 Å². The first-order valence-corrected chi connectivity index (χ1v) is 4.98. The van der Waals surface area contributed by atoms with Crippen LogP contribution < -0.4 is 0 Å². The van der Waals surface area contributed by atoms with E-state index in [1.54, 1.807) is 5.56 Å². The highest BCUT2D eigenvalue weighted by Gasteiger charge is 2.45. The number of fused-ring (bicyclic) bond motifs is 1. The van der Waals surface area contributed by atoms with Crippen molar-refractivity contribution in [2.45, 2.75) is 25.2 Å². The Bertz CT molecular complexity index is 265. The van der Waals surface area contributed by atoms with E-state index in [1.807, 2.05) is 0 Å². The monoisotopic (exact) mass is 158 g/mol. The Kier molecular flexibility index (Phi) is 1.31. The van der Waals surface area contributed by atoms with Crippen molar-refractivity contribution < 1.29 is 0 Å². The number of rotatable bonds is 1. The fourth-order valence-electron chi connectivity index (χ4n) is 2.71. The average Bonchev–Trinajstić information content (AvgIpc) is 2.75. The Morgan fingerprint density at radius 2 is 1.50 bits per heavy atom. The number of benzene rings is 1. The van der Waals surface area contributed by atoms with E-state index >= 15 is 0 Å². The van der Waals surface area contributed by atoms with Gasteiger partial charge in [-0.1, -0.05) is 30.3 Å². The summed E-state index contributed by atoms with van der Waals surface area (Å²) in [6.07, 6.45) is 4.46. The van der Waals surface area contributed by atoms with Gasteiger partial charge in [0.25, 0.3) is 0 Å². The van der Waals surface area contributed by atoms with Gasteiger partial charge in [0.2, 0.25) is 0 Å². The van der Waals surface area contributed by atoms with Gasteiger partial charge in [-0.15, -0.1) is 0 Å². The van der Waals surface area contributed by atoms with Crippen LogP contribution in [-0.4, -0.2) is 0 Å². The number of hydrogen-bond donors (Lipinski definition) is 0. The maximum atomic E-state index is 2.29. The summed E-state index contributed by atoms with van der Waals surface area (Å²) in [6, 6.07) is 11.0. The molecule has 3 rings (SSSR count). The first-order valence-electron chi connectivity index (χ1n) is 4.98. The van der Waals surface area contributed by atoms with Crippen LogP contribution in [0.2, 0.25) is 0 Å². The summed E-state index contributed by atoms with van der Waals surface area (Å²) in [5.41, 5.74) is 1.57. The molecule has 0 aliphatic heterocycles. The van der Waals surface area contributed by atoms with Crippen molar-refractivity contribution in [1.82, 2.24) is 0 Å². The van der Waals surface area contributed by atoms with Gasteiger partial charge in [0.05, 0.1) is 0 Å². The first kappa shape index (κ1) is 6.71. The van der Waals surface area contributed by atoms with Crippen LogP contribution in [0, 0.1) is 11.8 Å². The van der Waals surface area contributed by atoms with Crippen molar-refractivity contribution in [2.24, 2.45) is 11.8 Å². The summed E-state index contributed by atoms with van der Waals surface area (Å²) in [5.74, 6) is 3.11. The zero-order valence-electron chi connectivity index (χ0n) is 7.24. The average molecular weight is 158 g/mol. The van der Waals surface area contributed by atoms with Crippen molar-refractivity contribution in [2.75, 3.05) is 0 Å². The second-order valence-electron chi connectivity index (χ2n) is 4.33. The Hall–Kier alpha value is -0.780. The van der Waals surface area contributed by atoms with E-state index in [2.05, 4.69) is 30.3 Å². The minimum atomic E-state index is 0.898. The highest BCUT2D eigenvalue weighted by Crippen LogP contribution is 2.57. The van der Waals surface area contributed by atoms with Crippen molar-refractivity contribution >= 4 is 0 Å². The van der Waals surface area contributed by atoms with E-state index in [0.29, 0.717) is 0 Å². The Balaban J connectivity index is 1.82. The molecule has 2 saturated carbocycles. The molecule has 0 saturated heterocycles. The van der Waals surface area contributed by atoms with Crippen LogP contribution in [-0.2, 0) is 0 Å². The Morgan fingerprint density at radius 1 is 0.833 bits per heavy atom. The first-order chi connectivity index (χ1) is 5.93. The van der Waals surface area contributed by atoms with Gasteiger partial charge in [0.1, 0.15) is 0 Å². The summed E-state index contributed by atoms with van der Waals surface area (Å²) >= 11 is 0. The Morgan fingerprint density at radius 3 is 2.17 bits per heavy atom. The van der Waals surface area contributed by atoms with E-state index in [-0.39, 0.29) is 0 Å². The van der Waals surface area contributed by atoms with Gasteiger partial charge in [-0.3, -0.25) is 0 Å². The van der Waals surface area contributed by atoms with Gasteiger partial charge >= 0.3 is 0 Å². The molecule has 1 aromatic carbocycles. The molecule has 0 N–H and O–H groups in total. The van der Waals surface area contributed by atoms with Crippen LogP contribution in [0.15, 0.2) is 30.3 Å². The lowest BCUT2D eigenvalue weighted by Gasteiger charge is -2.10. The van der Waals surface area contributed by atoms with Gasteiger partial charge in [-0.05, 0) is 42.6 Å². The van der Waals surface area contributed by atoms with Gasteiger partial charge < -0.3 is 0 Å². The van der Waals surface area contributed by atoms with Gasteiger partial charge in [0, 0.05) is 0 Å². The third-order valence-electron chi connectivity index (χ3n) is 3.51. The molecule has 0 spiro atoms. The summed E-state index contributed by atoms with van der Waals surface area (Å²) in [7, 11) is 0. The minimum Gasteiger partial charge on any atom is -0.0622 e. The molecule has 0 heteroatoms. The molecule has 2 aliphatic rings. The molecule has 0 radical (unpaired) electrons. The maximum absolute atomic E-state index is 2.29. The van der Waals surface area contributed by atoms with Crippen LogP contribution >= 0.6 is 0 Å². The molecule has 1 unspecified atom stereocenters. The fraction of sp³-hybridized carbons (Fsp3) is 0.500. The minimum absolute atomic E-state index is 0.898. The smallest absolute Gasteiger partial charge is 0.0156 e. The van der Waals surface area contributed by atoms with E-state index in [1.165, 1.54) is 19.3 Å². The van der Waals surface area contributed by atoms with Gasteiger partial charge in [-0.2, -0.15) is 0 Å². The summed E-state index contributed by atoms with van der Waals surface area (Å²) < 4.78 is 0. The van der Waals surface area contributed by atoms with Crippen molar-refractivity contribution in [3.05, 3.63) is 35.9 Å². The van der Waals surface area contributed by atoms with Crippen LogP contribution in [0.5, 0.6) is 0 Å². The molecular formula is C12H14. The standard InChI is InChI=1S/C12H14/c1-2-4-9(5-3-1)10-6-11-8-12(11)7-10/h1-5,10-12H,6-8H2/t10?,11-,12+. The van der Waals surface area contributed by atoms with Crippen LogP contribution in [0.4, 0.5) is 0 Å². The Labute approximate surface area is 73.6 Å². The zero-order valence-corrected chi connectivity index (χ0v) is 7.24. The van der Waals surface area contributed by atoms with E-state index < -0.39 is 0 Å². The summed E-state index contributed by atoms with van der Waals surface area (Å²) in [5, 5.41) is 0. The van der Waals surface area contributed by atoms with E-state index in [4.69, 9.17) is 0 Å². The third-order valence-corrected chi connectivity index (χ3v) is 3.51. The summed E-state index contributed by atoms with van der Waals surface area (Å²) in [6.45, 7) is 0. The predicted molar refractivity (Wildman–Crippen MR) is 50.0 cm³/mol. The quantitative estimate of drug-likeness (QED) is 0.588. The lowest BCUT2D eigenvalue weighted by Crippen LogP contribution is -1.94. The van der Waals surface area contributed by atoms with E-state index in [0.717, 1.165) is 17.8 Å². The highest BCUT2D eigenvalue weighted by molar-refractivity contribution is 5.22. The molecule has 2 fully saturated rings. The van der Waals surface area contributed by atoms with Crippen molar-refractivity contribution in [1.29, 1.82) is 0 Å². The van der Waals surface area contributed by atoms with Crippen molar-refractivity contribution in [3.8, 4) is 0 Å². The molecule has 3 atom stereocenters. The highest BCUT2D eigenvalue weighted by atomic mass is 14.5. The van der Waals surface area contributed by atoms with Crippen LogP contribution in [0.1, 0.15) is 30.7 Å². The molecule has 0 heterocycles. The van der Waals surface area contributed by atoms with Crippen molar-refractivity contribution in [3.63, 3.8) is 0 Å². The van der Waals surface area contributed by atoms with Crippen LogP contribution in [0.3, 0.4) is 0 Å². The molecular weight excluding hydrogens is 144 g/mol. The number of hydrogen-bond acceptors (Lipinski definition) is 0. The predicted octanol–water partition coefficient (Wildman–Crippen LogP) is 3.20. The third kappa shape index (κ3) is 0.979. The lowest BCUT2D eigenvalue weighted by molar-refractivity contribution is 0.624. The maximum Gasteiger partial charge on any atom is -0.0156 e. The van der Waals surface area contributed by atoms with E-state index in [9.17, 15) is 0 Å². The molecule has 0 nitrogen and oxygen atoms in total. The molecule has 1 aromatic rings. The molecule has 0 aromatic heterocycles. The fourth-order valence-corrected chi connectivity index (χ4v) is 2.71.